The molecule has 8 heteroatoms. The van der Waals surface area contributed by atoms with Gasteiger partial charge in [-0.2, -0.15) is 0 Å². The third-order valence-electron chi connectivity index (χ3n) is 5.99. The van der Waals surface area contributed by atoms with Crippen molar-refractivity contribution in [1.82, 2.24) is 4.90 Å². The zero-order valence-corrected chi connectivity index (χ0v) is 18.3. The first-order chi connectivity index (χ1) is 16.5. The van der Waals surface area contributed by atoms with E-state index in [9.17, 15) is 18.8 Å². The molecule has 1 N–H and O–H groups in total. The summed E-state index contributed by atoms with van der Waals surface area (Å²) in [6.45, 7) is 2.47. The smallest absolute Gasteiger partial charge is 0.261 e. The molecule has 1 saturated heterocycles. The van der Waals surface area contributed by atoms with Crippen molar-refractivity contribution in [2.24, 2.45) is 0 Å². The maximum absolute atomic E-state index is 14.6. The number of hydrogen-bond acceptors (Lipinski definition) is 5. The van der Waals surface area contributed by atoms with Crippen molar-refractivity contribution in [3.05, 3.63) is 94.8 Å². The number of imide groups is 1. The SMILES string of the molecule is O=C(Nc1ccc(N2CCOCC2)c(F)c1)c1ccc(CN2C(=O)c3ccccc3C2=O)cc1. The molecular weight excluding hydrogens is 437 g/mol. The highest BCUT2D eigenvalue weighted by Crippen LogP contribution is 2.26. The van der Waals surface area contributed by atoms with Crippen LogP contribution in [-0.4, -0.2) is 48.9 Å². The molecule has 2 aliphatic rings. The number of carbonyl (C=O) groups excluding carboxylic acids is 3. The van der Waals surface area contributed by atoms with E-state index < -0.39 is 5.82 Å². The van der Waals surface area contributed by atoms with E-state index in [1.54, 1.807) is 60.7 Å². The Kier molecular flexibility index (Phi) is 5.81. The third-order valence-corrected chi connectivity index (χ3v) is 5.99. The summed E-state index contributed by atoms with van der Waals surface area (Å²) in [5.41, 5.74) is 2.73. The molecule has 0 saturated carbocycles. The van der Waals surface area contributed by atoms with Crippen molar-refractivity contribution in [1.29, 1.82) is 0 Å². The number of ether oxygens (including phenoxy) is 1. The number of hydrogen-bond donors (Lipinski definition) is 1. The first kappa shape index (κ1) is 21.8. The van der Waals surface area contributed by atoms with Crippen LogP contribution < -0.4 is 10.2 Å². The molecule has 3 aromatic carbocycles. The summed E-state index contributed by atoms with van der Waals surface area (Å²) in [6.07, 6.45) is 0. The van der Waals surface area contributed by atoms with Crippen molar-refractivity contribution >= 4 is 29.1 Å². The molecule has 0 bridgehead atoms. The second-order valence-corrected chi connectivity index (χ2v) is 8.16. The second-order valence-electron chi connectivity index (χ2n) is 8.16. The molecule has 172 valence electrons. The second kappa shape index (κ2) is 9.07. The monoisotopic (exact) mass is 459 g/mol. The van der Waals surface area contributed by atoms with E-state index >= 15 is 0 Å². The van der Waals surface area contributed by atoms with Gasteiger partial charge in [0.1, 0.15) is 5.82 Å². The van der Waals surface area contributed by atoms with E-state index in [0.717, 1.165) is 0 Å². The van der Waals surface area contributed by atoms with E-state index in [4.69, 9.17) is 4.74 Å². The molecule has 0 aromatic heterocycles. The van der Waals surface area contributed by atoms with Crippen LogP contribution in [0.2, 0.25) is 0 Å². The molecule has 0 aliphatic carbocycles. The quantitative estimate of drug-likeness (QED) is 0.589. The molecule has 2 heterocycles. The first-order valence-corrected chi connectivity index (χ1v) is 11.0. The maximum atomic E-state index is 14.6. The van der Waals surface area contributed by atoms with E-state index in [2.05, 4.69) is 5.32 Å². The Morgan fingerprint density at radius 2 is 1.56 bits per heavy atom. The molecule has 3 amide bonds. The number of rotatable bonds is 5. The normalized spacial score (nSPS) is 15.4. The topological polar surface area (TPSA) is 79.0 Å². The van der Waals surface area contributed by atoms with Gasteiger partial charge >= 0.3 is 0 Å². The summed E-state index contributed by atoms with van der Waals surface area (Å²) in [5, 5.41) is 2.71. The van der Waals surface area contributed by atoms with Gasteiger partial charge in [-0.25, -0.2) is 4.39 Å². The summed E-state index contributed by atoms with van der Waals surface area (Å²) in [7, 11) is 0. The minimum atomic E-state index is -0.406. The summed E-state index contributed by atoms with van der Waals surface area (Å²) < 4.78 is 19.9. The summed E-state index contributed by atoms with van der Waals surface area (Å²) >= 11 is 0. The lowest BCUT2D eigenvalue weighted by Crippen LogP contribution is -2.36. The van der Waals surface area contributed by atoms with Crippen molar-refractivity contribution < 1.29 is 23.5 Å². The van der Waals surface area contributed by atoms with Crippen LogP contribution in [0.3, 0.4) is 0 Å². The van der Waals surface area contributed by atoms with Gasteiger partial charge < -0.3 is 15.0 Å². The number of halogens is 1. The Labute approximate surface area is 195 Å². The van der Waals surface area contributed by atoms with Crippen molar-refractivity contribution in [3.8, 4) is 0 Å². The van der Waals surface area contributed by atoms with Crippen LogP contribution in [0.15, 0.2) is 66.7 Å². The van der Waals surface area contributed by atoms with Gasteiger partial charge in [0.15, 0.2) is 0 Å². The molecule has 0 spiro atoms. The predicted octanol–water partition coefficient (Wildman–Crippen LogP) is 3.71. The van der Waals surface area contributed by atoms with E-state index in [1.807, 2.05) is 4.90 Å². The number of anilines is 2. The number of morpholine rings is 1. The van der Waals surface area contributed by atoms with Gasteiger partial charge in [0.25, 0.3) is 17.7 Å². The minimum absolute atomic E-state index is 0.114. The lowest BCUT2D eigenvalue weighted by molar-refractivity contribution is 0.0642. The average molecular weight is 459 g/mol. The molecule has 1 fully saturated rings. The van der Waals surface area contributed by atoms with Crippen LogP contribution in [0.5, 0.6) is 0 Å². The highest BCUT2D eigenvalue weighted by atomic mass is 19.1. The molecule has 0 radical (unpaired) electrons. The number of nitrogens with one attached hydrogen (secondary N) is 1. The zero-order valence-electron chi connectivity index (χ0n) is 18.3. The number of nitrogens with zero attached hydrogens (tertiary/aromatic N) is 2. The van der Waals surface area contributed by atoms with E-state index in [-0.39, 0.29) is 24.3 Å². The van der Waals surface area contributed by atoms with E-state index in [0.29, 0.717) is 59.9 Å². The van der Waals surface area contributed by atoms with Gasteiger partial charge in [0, 0.05) is 24.3 Å². The first-order valence-electron chi connectivity index (χ1n) is 11.0. The lowest BCUT2D eigenvalue weighted by Gasteiger charge is -2.29. The fraction of sp³-hybridized carbons (Fsp3) is 0.192. The number of benzene rings is 3. The maximum Gasteiger partial charge on any atom is 0.261 e. The molecule has 7 nitrogen and oxygen atoms in total. The number of fused-ring (bicyclic) bond motifs is 1. The van der Waals surface area contributed by atoms with Crippen LogP contribution in [0.1, 0.15) is 36.6 Å². The van der Waals surface area contributed by atoms with Gasteiger partial charge in [-0.05, 0) is 48.0 Å². The lowest BCUT2D eigenvalue weighted by atomic mass is 10.1. The number of carbonyl (C=O) groups is 3. The molecule has 5 rings (SSSR count). The Hall–Kier alpha value is -4.04. The Morgan fingerprint density at radius 1 is 0.912 bits per heavy atom. The van der Waals surface area contributed by atoms with Crippen molar-refractivity contribution in [2.75, 3.05) is 36.5 Å². The fourth-order valence-electron chi connectivity index (χ4n) is 4.18. The zero-order chi connectivity index (χ0) is 23.7. The largest absolute Gasteiger partial charge is 0.378 e. The van der Waals surface area contributed by atoms with Crippen LogP contribution in [0.25, 0.3) is 0 Å². The molecular formula is C26H22FN3O4. The Morgan fingerprint density at radius 3 is 2.18 bits per heavy atom. The van der Waals surface area contributed by atoms with Gasteiger partial charge in [0.2, 0.25) is 0 Å². The molecule has 3 aromatic rings. The standard InChI is InChI=1S/C26H22FN3O4/c27-22-15-19(9-10-23(22)29-11-13-34-14-12-29)28-24(31)18-7-5-17(6-8-18)16-30-25(32)20-3-1-2-4-21(20)26(30)33/h1-10,15H,11-14,16H2,(H,28,31). The Bertz CT molecular complexity index is 1230. The van der Waals surface area contributed by atoms with Crippen LogP contribution in [0.4, 0.5) is 15.8 Å². The van der Waals surface area contributed by atoms with Gasteiger partial charge in [-0.3, -0.25) is 19.3 Å². The van der Waals surface area contributed by atoms with Crippen LogP contribution in [-0.2, 0) is 11.3 Å². The van der Waals surface area contributed by atoms with Crippen LogP contribution in [0, 0.1) is 5.82 Å². The Balaban J connectivity index is 1.23. The van der Waals surface area contributed by atoms with E-state index in [1.165, 1.54) is 11.0 Å². The molecule has 34 heavy (non-hydrogen) atoms. The van der Waals surface area contributed by atoms with Crippen LogP contribution >= 0.6 is 0 Å². The summed E-state index contributed by atoms with van der Waals surface area (Å²) in [6, 6.07) is 18.0. The highest BCUT2D eigenvalue weighted by Gasteiger charge is 2.34. The van der Waals surface area contributed by atoms with Crippen molar-refractivity contribution in [2.45, 2.75) is 6.54 Å². The molecule has 0 atom stereocenters. The summed E-state index contributed by atoms with van der Waals surface area (Å²) in [5.74, 6) is -1.45. The summed E-state index contributed by atoms with van der Waals surface area (Å²) in [4.78, 5) is 40.8. The average Bonchev–Trinajstić information content (AvgIpc) is 3.10. The molecule has 0 unspecified atom stereocenters. The fourth-order valence-corrected chi connectivity index (χ4v) is 4.18. The number of amides is 3. The third kappa shape index (κ3) is 4.15. The predicted molar refractivity (Wildman–Crippen MR) is 124 cm³/mol. The minimum Gasteiger partial charge on any atom is -0.378 e. The van der Waals surface area contributed by atoms with Gasteiger partial charge in [0.05, 0.1) is 36.6 Å². The highest BCUT2D eigenvalue weighted by molar-refractivity contribution is 6.21. The molecule has 2 aliphatic heterocycles. The van der Waals surface area contributed by atoms with Gasteiger partial charge in [-0.1, -0.05) is 24.3 Å². The van der Waals surface area contributed by atoms with Crippen molar-refractivity contribution in [3.63, 3.8) is 0 Å². The van der Waals surface area contributed by atoms with Gasteiger partial charge in [-0.15, -0.1) is 0 Å².